The molecule has 1 fully saturated rings. The highest BCUT2D eigenvalue weighted by molar-refractivity contribution is 5.67. The maximum atomic E-state index is 11.5. The minimum absolute atomic E-state index is 0.166. The van der Waals surface area contributed by atoms with Gasteiger partial charge in [-0.2, -0.15) is 0 Å². The van der Waals surface area contributed by atoms with Gasteiger partial charge in [-0.25, -0.2) is 4.79 Å². The normalized spacial score (nSPS) is 17.6. The first-order valence-electron chi connectivity index (χ1n) is 5.46. The number of nitrogens with zero attached hydrogens (tertiary/aromatic N) is 1. The van der Waals surface area contributed by atoms with Gasteiger partial charge in [-0.05, 0) is 25.8 Å². The Kier molecular flexibility index (Phi) is 5.37. The first-order chi connectivity index (χ1) is 6.84. The van der Waals surface area contributed by atoms with Crippen LogP contribution < -0.4 is 5.73 Å². The molecule has 0 atom stereocenters. The van der Waals surface area contributed by atoms with Crippen molar-refractivity contribution >= 4 is 6.09 Å². The van der Waals surface area contributed by atoms with E-state index in [-0.39, 0.29) is 6.09 Å². The fourth-order valence-corrected chi connectivity index (χ4v) is 1.59. The number of nitrogens with two attached hydrogens (primary N) is 1. The molecule has 0 aromatic carbocycles. The lowest BCUT2D eigenvalue weighted by atomic mass is 10.2. The molecule has 0 saturated carbocycles. The van der Waals surface area contributed by atoms with Crippen LogP contribution in [0.1, 0.15) is 32.1 Å². The van der Waals surface area contributed by atoms with E-state index in [0.29, 0.717) is 13.2 Å². The number of hydrogen-bond acceptors (Lipinski definition) is 3. The van der Waals surface area contributed by atoms with Gasteiger partial charge < -0.3 is 15.4 Å². The Morgan fingerprint density at radius 1 is 1.21 bits per heavy atom. The van der Waals surface area contributed by atoms with Crippen LogP contribution in [0.25, 0.3) is 0 Å². The SMILES string of the molecule is NCCCOC(=O)N1CCCCCC1. The van der Waals surface area contributed by atoms with Gasteiger partial charge in [0.15, 0.2) is 0 Å². The third-order valence-electron chi connectivity index (χ3n) is 2.44. The van der Waals surface area contributed by atoms with Crippen molar-refractivity contribution in [1.29, 1.82) is 0 Å². The lowest BCUT2D eigenvalue weighted by Crippen LogP contribution is -2.32. The van der Waals surface area contributed by atoms with E-state index < -0.39 is 0 Å². The topological polar surface area (TPSA) is 55.6 Å². The maximum absolute atomic E-state index is 11.5. The zero-order chi connectivity index (χ0) is 10.2. The van der Waals surface area contributed by atoms with Crippen molar-refractivity contribution < 1.29 is 9.53 Å². The summed E-state index contributed by atoms with van der Waals surface area (Å²) in [6, 6.07) is 0. The predicted molar refractivity (Wildman–Crippen MR) is 55.1 cm³/mol. The Balaban J connectivity index is 2.20. The van der Waals surface area contributed by atoms with Crippen molar-refractivity contribution in [2.24, 2.45) is 5.73 Å². The highest BCUT2D eigenvalue weighted by Crippen LogP contribution is 2.10. The first-order valence-corrected chi connectivity index (χ1v) is 5.46. The Morgan fingerprint density at radius 2 is 1.86 bits per heavy atom. The third-order valence-corrected chi connectivity index (χ3v) is 2.44. The molecule has 1 amide bonds. The second-order valence-electron chi connectivity index (χ2n) is 3.66. The van der Waals surface area contributed by atoms with Crippen molar-refractivity contribution in [2.75, 3.05) is 26.2 Å². The first kappa shape index (κ1) is 11.3. The molecule has 0 aliphatic carbocycles. The summed E-state index contributed by atoms with van der Waals surface area (Å²) in [5.41, 5.74) is 5.31. The lowest BCUT2D eigenvalue weighted by Gasteiger charge is -2.19. The summed E-state index contributed by atoms with van der Waals surface area (Å²) >= 11 is 0. The smallest absolute Gasteiger partial charge is 0.409 e. The number of hydrogen-bond donors (Lipinski definition) is 1. The third kappa shape index (κ3) is 3.96. The van der Waals surface area contributed by atoms with Crippen LogP contribution in [0.2, 0.25) is 0 Å². The van der Waals surface area contributed by atoms with Crippen molar-refractivity contribution in [1.82, 2.24) is 4.90 Å². The summed E-state index contributed by atoms with van der Waals surface area (Å²) in [6.07, 6.45) is 5.25. The van der Waals surface area contributed by atoms with Gasteiger partial charge in [-0.1, -0.05) is 12.8 Å². The Hall–Kier alpha value is -0.770. The largest absolute Gasteiger partial charge is 0.449 e. The molecular formula is C10H20N2O2. The standard InChI is InChI=1S/C10H20N2O2/c11-6-5-9-14-10(13)12-7-3-1-2-4-8-12/h1-9,11H2. The molecule has 4 nitrogen and oxygen atoms in total. The molecule has 0 aromatic rings. The Bertz CT molecular complexity index is 166. The monoisotopic (exact) mass is 200 g/mol. The van der Waals surface area contributed by atoms with E-state index in [4.69, 9.17) is 10.5 Å². The fraction of sp³-hybridized carbons (Fsp3) is 0.900. The van der Waals surface area contributed by atoms with Gasteiger partial charge in [0.25, 0.3) is 0 Å². The van der Waals surface area contributed by atoms with Gasteiger partial charge >= 0.3 is 6.09 Å². The summed E-state index contributed by atoms with van der Waals surface area (Å²) in [5.74, 6) is 0. The molecule has 4 heteroatoms. The number of likely N-dealkylation sites (tertiary alicyclic amines) is 1. The average molecular weight is 200 g/mol. The molecule has 1 saturated heterocycles. The minimum atomic E-state index is -0.166. The number of carbonyl (C=O) groups excluding carboxylic acids is 1. The summed E-state index contributed by atoms with van der Waals surface area (Å²) in [4.78, 5) is 13.3. The van der Waals surface area contributed by atoms with E-state index in [1.165, 1.54) is 12.8 Å². The van der Waals surface area contributed by atoms with Gasteiger partial charge in [0.05, 0.1) is 6.61 Å². The van der Waals surface area contributed by atoms with Crippen LogP contribution in [-0.4, -0.2) is 37.2 Å². The van der Waals surface area contributed by atoms with E-state index in [2.05, 4.69) is 0 Å². The predicted octanol–water partition coefficient (Wildman–Crippen LogP) is 1.35. The quantitative estimate of drug-likeness (QED) is 0.700. The maximum Gasteiger partial charge on any atom is 0.409 e. The highest BCUT2D eigenvalue weighted by atomic mass is 16.6. The van der Waals surface area contributed by atoms with Crippen molar-refractivity contribution in [3.05, 3.63) is 0 Å². The molecule has 0 unspecified atom stereocenters. The molecule has 2 N–H and O–H groups in total. The van der Waals surface area contributed by atoms with Crippen LogP contribution in [-0.2, 0) is 4.74 Å². The second kappa shape index (κ2) is 6.65. The Labute approximate surface area is 85.4 Å². The van der Waals surface area contributed by atoms with Crippen molar-refractivity contribution in [3.8, 4) is 0 Å². The van der Waals surface area contributed by atoms with E-state index in [0.717, 1.165) is 32.4 Å². The van der Waals surface area contributed by atoms with E-state index in [1.54, 1.807) is 0 Å². The van der Waals surface area contributed by atoms with Crippen molar-refractivity contribution in [3.63, 3.8) is 0 Å². The van der Waals surface area contributed by atoms with Crippen LogP contribution in [0.5, 0.6) is 0 Å². The molecule has 1 heterocycles. The number of ether oxygens (including phenoxy) is 1. The molecule has 14 heavy (non-hydrogen) atoms. The molecule has 0 bridgehead atoms. The molecule has 1 aliphatic rings. The summed E-state index contributed by atoms with van der Waals surface area (Å²) in [7, 11) is 0. The zero-order valence-electron chi connectivity index (χ0n) is 8.71. The van der Waals surface area contributed by atoms with Gasteiger partial charge in [-0.15, -0.1) is 0 Å². The summed E-state index contributed by atoms with van der Waals surface area (Å²) < 4.78 is 5.08. The van der Waals surface area contributed by atoms with Crippen LogP contribution >= 0.6 is 0 Å². The van der Waals surface area contributed by atoms with Crippen LogP contribution in [0.15, 0.2) is 0 Å². The van der Waals surface area contributed by atoms with Gasteiger partial charge in [0, 0.05) is 13.1 Å². The van der Waals surface area contributed by atoms with Gasteiger partial charge in [0.1, 0.15) is 0 Å². The minimum Gasteiger partial charge on any atom is -0.449 e. The fourth-order valence-electron chi connectivity index (χ4n) is 1.59. The highest BCUT2D eigenvalue weighted by Gasteiger charge is 2.15. The van der Waals surface area contributed by atoms with E-state index >= 15 is 0 Å². The van der Waals surface area contributed by atoms with Gasteiger partial charge in [-0.3, -0.25) is 0 Å². The molecular weight excluding hydrogens is 180 g/mol. The van der Waals surface area contributed by atoms with Crippen LogP contribution in [0.3, 0.4) is 0 Å². The lowest BCUT2D eigenvalue weighted by molar-refractivity contribution is 0.103. The number of rotatable bonds is 3. The van der Waals surface area contributed by atoms with E-state index in [9.17, 15) is 4.79 Å². The second-order valence-corrected chi connectivity index (χ2v) is 3.66. The Morgan fingerprint density at radius 3 is 2.43 bits per heavy atom. The molecule has 0 radical (unpaired) electrons. The van der Waals surface area contributed by atoms with E-state index in [1.807, 2.05) is 4.90 Å². The molecule has 82 valence electrons. The van der Waals surface area contributed by atoms with Crippen LogP contribution in [0, 0.1) is 0 Å². The average Bonchev–Trinajstić information content (AvgIpc) is 2.46. The number of carbonyl (C=O) groups is 1. The number of amides is 1. The zero-order valence-corrected chi connectivity index (χ0v) is 8.71. The summed E-state index contributed by atoms with van der Waals surface area (Å²) in [5, 5.41) is 0. The molecule has 1 aliphatic heterocycles. The van der Waals surface area contributed by atoms with Crippen LogP contribution in [0.4, 0.5) is 4.79 Å². The van der Waals surface area contributed by atoms with Gasteiger partial charge in [0.2, 0.25) is 0 Å². The summed E-state index contributed by atoms with van der Waals surface area (Å²) in [6.45, 7) is 2.72. The molecule has 0 spiro atoms. The van der Waals surface area contributed by atoms with Crippen molar-refractivity contribution in [2.45, 2.75) is 32.1 Å². The molecule has 0 aromatic heterocycles. The molecule has 1 rings (SSSR count).